The summed E-state index contributed by atoms with van der Waals surface area (Å²) in [6, 6.07) is 18.5. The molecule has 2 aliphatic rings. The van der Waals surface area contributed by atoms with Crippen LogP contribution in [0.25, 0.3) is 0 Å². The van der Waals surface area contributed by atoms with E-state index in [4.69, 9.17) is 10.5 Å². The number of carbonyl (C=O) groups excluding carboxylic acids is 1. The summed E-state index contributed by atoms with van der Waals surface area (Å²) in [5, 5.41) is 10.5. The number of nitrogens with zero attached hydrogens (tertiary/aromatic N) is 2. The van der Waals surface area contributed by atoms with Crippen molar-refractivity contribution in [1.29, 1.82) is 5.26 Å². The Morgan fingerprint density at radius 1 is 1.07 bits per heavy atom. The molecule has 0 aromatic heterocycles. The van der Waals surface area contributed by atoms with Crippen LogP contribution in [-0.2, 0) is 17.6 Å². The smallest absolute Gasteiger partial charge is 0.416 e. The Kier molecular flexibility index (Phi) is 7.95. The largest absolute Gasteiger partial charge is 0.489 e. The van der Waals surface area contributed by atoms with Gasteiger partial charge in [0, 0.05) is 27.9 Å². The summed E-state index contributed by atoms with van der Waals surface area (Å²) < 4.78 is 48.0. The Balaban J connectivity index is 1.67. The van der Waals surface area contributed by atoms with Gasteiger partial charge in [0.1, 0.15) is 18.2 Å². The van der Waals surface area contributed by atoms with Crippen molar-refractivity contribution >= 4 is 27.4 Å². The Hall–Kier alpha value is -4.03. The van der Waals surface area contributed by atoms with Crippen LogP contribution in [0.3, 0.4) is 0 Å². The minimum Gasteiger partial charge on any atom is -0.489 e. The lowest BCUT2D eigenvalue weighted by atomic mass is 9.68. The van der Waals surface area contributed by atoms with Gasteiger partial charge < -0.3 is 10.5 Å². The predicted octanol–water partition coefficient (Wildman–Crippen LogP) is 8.60. The third-order valence-corrected chi connectivity index (χ3v) is 8.58. The SMILES string of the molecule is Cc1cc(C)c(C2C(C#N)=C(N)N(c3cccc(C(F)(F)F)c3)C3=C2C(=O)CC(C)(C)C3)cc1COc1ccc(Br)cc1. The quantitative estimate of drug-likeness (QED) is 0.299. The van der Waals surface area contributed by atoms with E-state index >= 15 is 0 Å². The molecular formula is C34H31BrF3N3O2. The second kappa shape index (κ2) is 11.2. The first-order valence-corrected chi connectivity index (χ1v) is 14.6. The van der Waals surface area contributed by atoms with Gasteiger partial charge in [-0.1, -0.05) is 48.0 Å². The molecule has 0 saturated carbocycles. The summed E-state index contributed by atoms with van der Waals surface area (Å²) in [5.74, 6) is -0.210. The standard InChI is InChI=1S/C34H31BrF3N3O2/c1-19-12-20(2)26(13-21(19)18-43-25-10-8-23(35)9-11-25)30-27(17-39)32(40)41(24-7-5-6-22(14-24)34(36,37)38)28-15-33(3,4)16-29(42)31(28)30/h5-14,30H,15-16,18,40H2,1-4H3. The van der Waals surface area contributed by atoms with Crippen molar-refractivity contribution in [2.75, 3.05) is 4.90 Å². The van der Waals surface area contributed by atoms with Crippen LogP contribution in [0.2, 0.25) is 0 Å². The lowest BCUT2D eigenvalue weighted by molar-refractivity contribution is -0.137. The number of ketones is 1. The van der Waals surface area contributed by atoms with Gasteiger partial charge in [0.2, 0.25) is 0 Å². The Morgan fingerprint density at radius 3 is 2.42 bits per heavy atom. The van der Waals surface area contributed by atoms with Crippen LogP contribution in [0.15, 0.2) is 87.8 Å². The van der Waals surface area contributed by atoms with Crippen molar-refractivity contribution in [3.8, 4) is 11.8 Å². The van der Waals surface area contributed by atoms with E-state index in [1.807, 2.05) is 64.1 Å². The molecule has 1 aliphatic carbocycles. The number of nitrogens with two attached hydrogens (primary N) is 1. The fourth-order valence-corrected chi connectivity index (χ4v) is 6.27. The lowest BCUT2D eigenvalue weighted by Crippen LogP contribution is -2.42. The van der Waals surface area contributed by atoms with E-state index < -0.39 is 23.1 Å². The molecule has 2 N–H and O–H groups in total. The van der Waals surface area contributed by atoms with Crippen molar-refractivity contribution in [2.45, 2.75) is 59.2 Å². The average molecular weight is 651 g/mol. The summed E-state index contributed by atoms with van der Waals surface area (Å²) in [4.78, 5) is 15.4. The number of hydrogen-bond donors (Lipinski definition) is 1. The Bertz CT molecular complexity index is 1720. The van der Waals surface area contributed by atoms with E-state index in [0.717, 1.165) is 38.9 Å². The highest BCUT2D eigenvalue weighted by atomic mass is 79.9. The Labute approximate surface area is 257 Å². The number of Topliss-reactive ketones (excluding diaryl/α,β-unsaturated/α-hetero) is 1. The van der Waals surface area contributed by atoms with Crippen molar-refractivity contribution in [3.05, 3.63) is 116 Å². The molecule has 5 nitrogen and oxygen atoms in total. The van der Waals surface area contributed by atoms with E-state index in [0.29, 0.717) is 23.4 Å². The van der Waals surface area contributed by atoms with Gasteiger partial charge in [-0.3, -0.25) is 9.69 Å². The highest BCUT2D eigenvalue weighted by Crippen LogP contribution is 2.51. The number of anilines is 1. The minimum atomic E-state index is -4.57. The zero-order valence-corrected chi connectivity index (χ0v) is 25.9. The number of alkyl halides is 3. The zero-order chi connectivity index (χ0) is 31.3. The van der Waals surface area contributed by atoms with Crippen LogP contribution in [0.4, 0.5) is 18.9 Å². The number of aryl methyl sites for hydroxylation is 2. The molecule has 1 atom stereocenters. The number of rotatable bonds is 5. The monoisotopic (exact) mass is 649 g/mol. The molecule has 1 unspecified atom stereocenters. The maximum atomic E-state index is 13.9. The normalized spacial score (nSPS) is 18.4. The first-order chi connectivity index (χ1) is 20.2. The third-order valence-electron chi connectivity index (χ3n) is 8.06. The molecule has 0 fully saturated rings. The molecule has 0 saturated heterocycles. The zero-order valence-electron chi connectivity index (χ0n) is 24.3. The minimum absolute atomic E-state index is 0.0173. The molecule has 1 aliphatic heterocycles. The molecule has 222 valence electrons. The summed E-state index contributed by atoms with van der Waals surface area (Å²) in [6.45, 7) is 8.05. The van der Waals surface area contributed by atoms with Crippen molar-refractivity contribution in [2.24, 2.45) is 11.1 Å². The van der Waals surface area contributed by atoms with E-state index in [1.54, 1.807) is 0 Å². The maximum absolute atomic E-state index is 13.9. The van der Waals surface area contributed by atoms with Crippen LogP contribution in [0, 0.1) is 30.6 Å². The van der Waals surface area contributed by atoms with Gasteiger partial charge in [0.15, 0.2) is 5.78 Å². The van der Waals surface area contributed by atoms with Crippen LogP contribution < -0.4 is 15.4 Å². The molecular weight excluding hydrogens is 619 g/mol. The fourth-order valence-electron chi connectivity index (χ4n) is 6.01. The van der Waals surface area contributed by atoms with Gasteiger partial charge in [0.25, 0.3) is 0 Å². The molecule has 0 amide bonds. The average Bonchev–Trinajstić information content (AvgIpc) is 2.92. The molecule has 0 bridgehead atoms. The Morgan fingerprint density at radius 2 is 1.77 bits per heavy atom. The number of halogens is 4. The maximum Gasteiger partial charge on any atom is 0.416 e. The first-order valence-electron chi connectivity index (χ1n) is 13.8. The third kappa shape index (κ3) is 5.94. The molecule has 5 rings (SSSR count). The van der Waals surface area contributed by atoms with Gasteiger partial charge in [0.05, 0.1) is 23.1 Å². The summed E-state index contributed by atoms with van der Waals surface area (Å²) in [6.07, 6.45) is -3.94. The van der Waals surface area contributed by atoms with Crippen LogP contribution in [-0.4, -0.2) is 5.78 Å². The number of nitriles is 1. The number of hydrogen-bond acceptors (Lipinski definition) is 5. The van der Waals surface area contributed by atoms with Gasteiger partial charge in [-0.05, 0) is 90.4 Å². The first kappa shape index (κ1) is 30.4. The van der Waals surface area contributed by atoms with E-state index in [1.165, 1.54) is 17.0 Å². The highest BCUT2D eigenvalue weighted by molar-refractivity contribution is 9.10. The van der Waals surface area contributed by atoms with Crippen molar-refractivity contribution in [3.63, 3.8) is 0 Å². The van der Waals surface area contributed by atoms with Crippen LogP contribution >= 0.6 is 15.9 Å². The summed E-state index contributed by atoms with van der Waals surface area (Å²) in [5.41, 5.74) is 10.1. The predicted molar refractivity (Wildman–Crippen MR) is 163 cm³/mol. The van der Waals surface area contributed by atoms with Gasteiger partial charge in [-0.25, -0.2) is 0 Å². The van der Waals surface area contributed by atoms with E-state index in [9.17, 15) is 23.2 Å². The fraction of sp³-hybridized carbons (Fsp3) is 0.294. The molecule has 3 aromatic carbocycles. The molecule has 43 heavy (non-hydrogen) atoms. The van der Waals surface area contributed by atoms with Gasteiger partial charge in [-0.2, -0.15) is 18.4 Å². The molecule has 9 heteroatoms. The number of ether oxygens (including phenoxy) is 1. The highest BCUT2D eigenvalue weighted by Gasteiger charge is 2.45. The molecule has 1 heterocycles. The van der Waals surface area contributed by atoms with Gasteiger partial charge in [-0.15, -0.1) is 0 Å². The second-order valence-corrected chi connectivity index (χ2v) is 12.8. The molecule has 3 aromatic rings. The van der Waals surface area contributed by atoms with Crippen LogP contribution in [0.1, 0.15) is 60.4 Å². The summed E-state index contributed by atoms with van der Waals surface area (Å²) in [7, 11) is 0. The van der Waals surface area contributed by atoms with Gasteiger partial charge >= 0.3 is 6.18 Å². The second-order valence-electron chi connectivity index (χ2n) is 11.9. The van der Waals surface area contributed by atoms with Crippen LogP contribution in [0.5, 0.6) is 5.75 Å². The van der Waals surface area contributed by atoms with Crippen molar-refractivity contribution in [1.82, 2.24) is 0 Å². The topological polar surface area (TPSA) is 79.4 Å². The molecule has 0 radical (unpaired) electrons. The van der Waals surface area contributed by atoms with E-state index in [-0.39, 0.29) is 35.9 Å². The number of benzene rings is 3. The summed E-state index contributed by atoms with van der Waals surface area (Å²) >= 11 is 3.42. The van der Waals surface area contributed by atoms with E-state index in [2.05, 4.69) is 22.0 Å². The molecule has 0 spiro atoms. The number of allylic oxidation sites excluding steroid dienone is 3. The lowest BCUT2D eigenvalue weighted by Gasteiger charge is -2.44. The van der Waals surface area contributed by atoms with Crippen molar-refractivity contribution < 1.29 is 22.7 Å². The number of carbonyl (C=O) groups is 1.